The summed E-state index contributed by atoms with van der Waals surface area (Å²) in [4.78, 5) is 0.266. The standard InChI is InChI=1S/C19H24N2O3S/c1-14-8-10-17(11-9-14)25(23,24)21-12-18(19(22)13-21)20-15(2)16-6-4-3-5-7-16/h3-11,15,18-20,22H,12-13H2,1-2H3/t15-,18+,19+/m1/s1. The molecule has 2 N–H and O–H groups in total. The van der Waals surface area contributed by atoms with E-state index in [9.17, 15) is 13.5 Å². The van der Waals surface area contributed by atoms with Gasteiger partial charge < -0.3 is 10.4 Å². The minimum Gasteiger partial charge on any atom is -0.390 e. The number of aliphatic hydroxyl groups is 1. The molecule has 1 aliphatic rings. The Labute approximate surface area is 149 Å². The number of nitrogens with one attached hydrogen (secondary N) is 1. The highest BCUT2D eigenvalue weighted by Gasteiger charge is 2.38. The lowest BCUT2D eigenvalue weighted by Crippen LogP contribution is -2.40. The average molecular weight is 360 g/mol. The topological polar surface area (TPSA) is 69.6 Å². The van der Waals surface area contributed by atoms with Gasteiger partial charge >= 0.3 is 0 Å². The van der Waals surface area contributed by atoms with Crippen LogP contribution in [-0.2, 0) is 10.0 Å². The van der Waals surface area contributed by atoms with Gasteiger partial charge in [0, 0.05) is 25.2 Å². The van der Waals surface area contributed by atoms with Crippen molar-refractivity contribution in [2.75, 3.05) is 13.1 Å². The molecule has 25 heavy (non-hydrogen) atoms. The van der Waals surface area contributed by atoms with Crippen LogP contribution in [0, 0.1) is 6.92 Å². The average Bonchev–Trinajstić information content (AvgIpc) is 2.97. The van der Waals surface area contributed by atoms with E-state index in [1.807, 2.05) is 44.2 Å². The molecule has 6 heteroatoms. The molecule has 2 aromatic rings. The number of hydrogen-bond donors (Lipinski definition) is 2. The first-order chi connectivity index (χ1) is 11.9. The zero-order chi connectivity index (χ0) is 18.0. The third kappa shape index (κ3) is 3.93. The van der Waals surface area contributed by atoms with E-state index in [2.05, 4.69) is 5.32 Å². The molecule has 5 nitrogen and oxygen atoms in total. The van der Waals surface area contributed by atoms with E-state index in [0.29, 0.717) is 0 Å². The van der Waals surface area contributed by atoms with E-state index in [-0.39, 0.29) is 30.1 Å². The van der Waals surface area contributed by atoms with Crippen molar-refractivity contribution < 1.29 is 13.5 Å². The summed E-state index contributed by atoms with van der Waals surface area (Å²) in [6.45, 7) is 4.30. The van der Waals surface area contributed by atoms with Gasteiger partial charge in [-0.1, -0.05) is 48.0 Å². The Morgan fingerprint density at radius 1 is 1.08 bits per heavy atom. The summed E-state index contributed by atoms with van der Waals surface area (Å²) in [6.07, 6.45) is -0.730. The van der Waals surface area contributed by atoms with Crippen LogP contribution in [0.5, 0.6) is 0 Å². The smallest absolute Gasteiger partial charge is 0.243 e. The predicted molar refractivity (Wildman–Crippen MR) is 97.7 cm³/mol. The van der Waals surface area contributed by atoms with E-state index >= 15 is 0 Å². The second-order valence-corrected chi connectivity index (χ2v) is 8.55. The molecule has 1 aliphatic heterocycles. The van der Waals surface area contributed by atoms with Crippen molar-refractivity contribution in [2.24, 2.45) is 0 Å². The molecule has 0 radical (unpaired) electrons. The fraction of sp³-hybridized carbons (Fsp3) is 0.368. The molecule has 0 unspecified atom stereocenters. The van der Waals surface area contributed by atoms with Gasteiger partial charge in [0.15, 0.2) is 0 Å². The summed E-state index contributed by atoms with van der Waals surface area (Å²) in [6, 6.07) is 16.4. The van der Waals surface area contributed by atoms with E-state index in [0.717, 1.165) is 11.1 Å². The Hall–Kier alpha value is -1.73. The molecule has 0 amide bonds. The molecule has 1 saturated heterocycles. The Kier molecular flexibility index (Phi) is 5.24. The van der Waals surface area contributed by atoms with Crippen molar-refractivity contribution in [3.63, 3.8) is 0 Å². The molecule has 1 heterocycles. The van der Waals surface area contributed by atoms with Gasteiger partial charge in [-0.3, -0.25) is 0 Å². The number of nitrogens with zero attached hydrogens (tertiary/aromatic N) is 1. The number of β-amino-alcohol motifs (C(OH)–C–C–N with tert-alkyl or cyclic N) is 1. The van der Waals surface area contributed by atoms with Crippen molar-refractivity contribution in [3.05, 3.63) is 65.7 Å². The van der Waals surface area contributed by atoms with E-state index in [1.54, 1.807) is 24.3 Å². The van der Waals surface area contributed by atoms with Gasteiger partial charge in [-0.2, -0.15) is 4.31 Å². The van der Waals surface area contributed by atoms with Crippen LogP contribution >= 0.6 is 0 Å². The lowest BCUT2D eigenvalue weighted by molar-refractivity contribution is 0.155. The molecular weight excluding hydrogens is 336 g/mol. The quantitative estimate of drug-likeness (QED) is 0.857. The van der Waals surface area contributed by atoms with E-state index in [1.165, 1.54) is 4.31 Å². The van der Waals surface area contributed by atoms with Crippen LogP contribution in [0.2, 0.25) is 0 Å². The number of hydrogen-bond acceptors (Lipinski definition) is 4. The number of benzene rings is 2. The maximum absolute atomic E-state index is 12.8. The van der Waals surface area contributed by atoms with Crippen LogP contribution in [0.1, 0.15) is 24.1 Å². The van der Waals surface area contributed by atoms with Crippen LogP contribution in [-0.4, -0.2) is 43.1 Å². The molecule has 1 fully saturated rings. The van der Waals surface area contributed by atoms with Crippen LogP contribution < -0.4 is 5.32 Å². The number of sulfonamides is 1. The Bertz CT molecular complexity index is 806. The molecule has 0 spiro atoms. The molecule has 0 aliphatic carbocycles. The second-order valence-electron chi connectivity index (χ2n) is 6.61. The molecule has 0 saturated carbocycles. The molecular formula is C19H24N2O3S. The van der Waals surface area contributed by atoms with Gasteiger partial charge in [0.1, 0.15) is 0 Å². The third-order valence-corrected chi connectivity index (χ3v) is 6.52. The van der Waals surface area contributed by atoms with Gasteiger partial charge in [0.25, 0.3) is 0 Å². The van der Waals surface area contributed by atoms with Gasteiger partial charge in [-0.25, -0.2) is 8.42 Å². The SMILES string of the molecule is Cc1ccc(S(=O)(=O)N2C[C@H](N[C@H](C)c3ccccc3)[C@@H](O)C2)cc1. The zero-order valence-electron chi connectivity index (χ0n) is 14.5. The lowest BCUT2D eigenvalue weighted by Gasteiger charge is -2.22. The minimum atomic E-state index is -3.59. The maximum atomic E-state index is 12.8. The summed E-state index contributed by atoms with van der Waals surface area (Å²) < 4.78 is 26.9. The van der Waals surface area contributed by atoms with Gasteiger partial charge in [0.05, 0.1) is 11.0 Å². The Balaban J connectivity index is 1.71. The van der Waals surface area contributed by atoms with Crippen molar-refractivity contribution in [1.29, 1.82) is 0 Å². The maximum Gasteiger partial charge on any atom is 0.243 e. The first kappa shape index (κ1) is 18.1. The van der Waals surface area contributed by atoms with Crippen LogP contribution in [0.15, 0.2) is 59.5 Å². The van der Waals surface area contributed by atoms with Gasteiger partial charge in [0.2, 0.25) is 10.0 Å². The predicted octanol–water partition coefficient (Wildman–Crippen LogP) is 2.08. The number of aliphatic hydroxyl groups excluding tert-OH is 1. The molecule has 3 atom stereocenters. The van der Waals surface area contributed by atoms with Gasteiger partial charge in [-0.15, -0.1) is 0 Å². The van der Waals surface area contributed by atoms with E-state index in [4.69, 9.17) is 0 Å². The fourth-order valence-electron chi connectivity index (χ4n) is 3.13. The third-order valence-electron chi connectivity index (χ3n) is 4.68. The first-order valence-electron chi connectivity index (χ1n) is 8.44. The monoisotopic (exact) mass is 360 g/mol. The Morgan fingerprint density at radius 2 is 1.72 bits per heavy atom. The molecule has 2 aromatic carbocycles. The van der Waals surface area contributed by atoms with Crippen molar-refractivity contribution in [3.8, 4) is 0 Å². The van der Waals surface area contributed by atoms with Gasteiger partial charge in [-0.05, 0) is 31.5 Å². The minimum absolute atomic E-state index is 0.0304. The Morgan fingerprint density at radius 3 is 2.36 bits per heavy atom. The van der Waals surface area contributed by atoms with Crippen LogP contribution in [0.25, 0.3) is 0 Å². The summed E-state index contributed by atoms with van der Waals surface area (Å²) in [5.74, 6) is 0. The highest BCUT2D eigenvalue weighted by atomic mass is 32.2. The highest BCUT2D eigenvalue weighted by molar-refractivity contribution is 7.89. The normalized spacial score (nSPS) is 22.8. The molecule has 3 rings (SSSR count). The summed E-state index contributed by atoms with van der Waals surface area (Å²) >= 11 is 0. The van der Waals surface area contributed by atoms with Crippen molar-refractivity contribution >= 4 is 10.0 Å². The first-order valence-corrected chi connectivity index (χ1v) is 9.88. The summed E-state index contributed by atoms with van der Waals surface area (Å²) in [7, 11) is -3.59. The fourth-order valence-corrected chi connectivity index (χ4v) is 4.61. The van der Waals surface area contributed by atoms with Crippen LogP contribution in [0.4, 0.5) is 0 Å². The lowest BCUT2D eigenvalue weighted by atomic mass is 10.1. The van der Waals surface area contributed by atoms with Crippen LogP contribution in [0.3, 0.4) is 0 Å². The zero-order valence-corrected chi connectivity index (χ0v) is 15.3. The van der Waals surface area contributed by atoms with E-state index < -0.39 is 16.1 Å². The van der Waals surface area contributed by atoms with Crippen molar-refractivity contribution in [1.82, 2.24) is 9.62 Å². The largest absolute Gasteiger partial charge is 0.390 e. The highest BCUT2D eigenvalue weighted by Crippen LogP contribution is 2.23. The summed E-state index contributed by atoms with van der Waals surface area (Å²) in [5.41, 5.74) is 2.12. The molecule has 134 valence electrons. The summed E-state index contributed by atoms with van der Waals surface area (Å²) in [5, 5.41) is 13.7. The molecule has 0 aromatic heterocycles. The number of rotatable bonds is 5. The number of aryl methyl sites for hydroxylation is 1. The second kappa shape index (κ2) is 7.25. The molecule has 0 bridgehead atoms. The van der Waals surface area contributed by atoms with Crippen molar-refractivity contribution in [2.45, 2.75) is 36.9 Å².